The normalized spacial score (nSPS) is 11.2. The van der Waals surface area contributed by atoms with Gasteiger partial charge in [0, 0.05) is 40.0 Å². The maximum absolute atomic E-state index is 12.9. The molecule has 0 spiro atoms. The van der Waals surface area contributed by atoms with E-state index in [9.17, 15) is 9.59 Å². The molecule has 4 aromatic rings. The van der Waals surface area contributed by atoms with Crippen molar-refractivity contribution in [2.45, 2.75) is 16.3 Å². The Hall–Kier alpha value is -4.91. The van der Waals surface area contributed by atoms with Crippen molar-refractivity contribution in [3.05, 3.63) is 124 Å². The Morgan fingerprint density at radius 2 is 1.70 bits per heavy atom. The number of amides is 1. The maximum Gasteiger partial charge on any atom is 0.251 e. The van der Waals surface area contributed by atoms with Crippen LogP contribution < -0.4 is 5.32 Å². The van der Waals surface area contributed by atoms with Crippen molar-refractivity contribution >= 4 is 35.4 Å². The van der Waals surface area contributed by atoms with Crippen molar-refractivity contribution < 1.29 is 11.0 Å². The minimum atomic E-state index is -0.200. The van der Waals surface area contributed by atoms with Gasteiger partial charge in [0.2, 0.25) is 0 Å². The molecule has 0 saturated carbocycles. The number of nitrogens with one attached hydrogen (secondary N) is 1. The lowest BCUT2D eigenvalue weighted by atomic mass is 10.0. The SMILES string of the molecule is C#C.N#Cc1ccc(C2=Nc3cc(C(=O)NCc4ccc(C=O)cc4)ccc3Sc3ccccc32)cc1.[HH]. The Bertz CT molecular complexity index is 1550. The summed E-state index contributed by atoms with van der Waals surface area (Å²) in [5, 5.41) is 12.1. The van der Waals surface area contributed by atoms with Crippen LogP contribution in [0.1, 0.15) is 44.4 Å². The van der Waals surface area contributed by atoms with Crippen molar-refractivity contribution in [1.29, 1.82) is 5.26 Å². The first-order chi connectivity index (χ1) is 18.1. The van der Waals surface area contributed by atoms with Crippen molar-refractivity contribution in [1.82, 2.24) is 5.32 Å². The first-order valence-corrected chi connectivity index (χ1v) is 12.1. The second-order valence-electron chi connectivity index (χ2n) is 7.97. The summed E-state index contributed by atoms with van der Waals surface area (Å²) in [4.78, 5) is 30.8. The Morgan fingerprint density at radius 3 is 2.41 bits per heavy atom. The molecule has 37 heavy (non-hydrogen) atoms. The number of aldehydes is 1. The highest BCUT2D eigenvalue weighted by Crippen LogP contribution is 2.41. The number of rotatable bonds is 5. The molecular weight excluding hydrogens is 478 g/mol. The van der Waals surface area contributed by atoms with E-state index in [1.165, 1.54) is 0 Å². The Morgan fingerprint density at radius 1 is 0.973 bits per heavy atom. The molecule has 6 heteroatoms. The number of terminal acetylenes is 1. The third kappa shape index (κ3) is 5.67. The zero-order valence-corrected chi connectivity index (χ0v) is 20.5. The number of fused-ring (bicyclic) bond motifs is 2. The summed E-state index contributed by atoms with van der Waals surface area (Å²) in [6.45, 7) is 0.356. The van der Waals surface area contributed by atoms with Gasteiger partial charge in [-0.25, -0.2) is 4.99 Å². The molecule has 1 heterocycles. The van der Waals surface area contributed by atoms with E-state index < -0.39 is 0 Å². The van der Waals surface area contributed by atoms with Crippen molar-refractivity contribution in [2.75, 3.05) is 0 Å². The molecule has 5 rings (SSSR count). The molecule has 0 fully saturated rings. The van der Waals surface area contributed by atoms with Crippen molar-refractivity contribution in [2.24, 2.45) is 4.99 Å². The molecule has 1 aliphatic rings. The summed E-state index contributed by atoms with van der Waals surface area (Å²) in [6, 6.07) is 30.2. The predicted molar refractivity (Wildman–Crippen MR) is 148 cm³/mol. The number of hydrogen-bond donors (Lipinski definition) is 1. The van der Waals surface area contributed by atoms with Crippen LogP contribution in [0.25, 0.3) is 0 Å². The predicted octanol–water partition coefficient (Wildman–Crippen LogP) is 6.43. The van der Waals surface area contributed by atoms with E-state index in [0.29, 0.717) is 28.9 Å². The highest BCUT2D eigenvalue weighted by molar-refractivity contribution is 7.99. The molecule has 0 unspecified atom stereocenters. The van der Waals surface area contributed by atoms with Gasteiger partial charge in [-0.1, -0.05) is 66.4 Å². The van der Waals surface area contributed by atoms with Crippen molar-refractivity contribution in [3.8, 4) is 18.9 Å². The molecule has 0 saturated heterocycles. The summed E-state index contributed by atoms with van der Waals surface area (Å²) >= 11 is 1.62. The fourth-order valence-electron chi connectivity index (χ4n) is 3.80. The monoisotopic (exact) mass is 501 g/mol. The summed E-state index contributed by atoms with van der Waals surface area (Å²) < 4.78 is 0. The molecule has 0 radical (unpaired) electrons. The summed E-state index contributed by atoms with van der Waals surface area (Å²) in [5.74, 6) is -0.200. The molecule has 1 aliphatic heterocycles. The standard InChI is InChI=1S/C29H19N3O2S.C2H2.H2/c30-16-19-9-11-22(12-10-19)28-24-3-1-2-4-26(24)35-27-14-13-23(15-25(27)32-28)29(34)31-17-20-5-7-21(18-33)8-6-20;1-2;/h1-15,18H,17H2,(H,31,34);1-2H;1H. The van der Waals surface area contributed by atoms with Gasteiger partial charge < -0.3 is 5.32 Å². The minimum absolute atomic E-state index is 0. The van der Waals surface area contributed by atoms with Crippen LogP contribution in [0.2, 0.25) is 0 Å². The largest absolute Gasteiger partial charge is 0.348 e. The minimum Gasteiger partial charge on any atom is -0.348 e. The number of nitrogens with zero attached hydrogens (tertiary/aromatic N) is 2. The Balaban J connectivity index is 0.00000130. The van der Waals surface area contributed by atoms with Crippen LogP contribution in [0, 0.1) is 24.2 Å². The number of carbonyl (C=O) groups excluding carboxylic acids is 2. The molecule has 0 bridgehead atoms. The zero-order chi connectivity index (χ0) is 26.2. The average Bonchev–Trinajstić information content (AvgIpc) is 3.13. The zero-order valence-electron chi connectivity index (χ0n) is 19.7. The van der Waals surface area contributed by atoms with Crippen LogP contribution in [0.3, 0.4) is 0 Å². The number of aliphatic imine (C=N–C) groups is 1. The fourth-order valence-corrected chi connectivity index (χ4v) is 4.81. The van der Waals surface area contributed by atoms with E-state index in [0.717, 1.165) is 38.5 Å². The topological polar surface area (TPSA) is 82.3 Å². The van der Waals surface area contributed by atoms with E-state index in [4.69, 9.17) is 10.3 Å². The van der Waals surface area contributed by atoms with Crippen LogP contribution in [-0.4, -0.2) is 17.9 Å². The smallest absolute Gasteiger partial charge is 0.251 e. The van der Waals surface area contributed by atoms with E-state index in [2.05, 4.69) is 30.3 Å². The lowest BCUT2D eigenvalue weighted by molar-refractivity contribution is 0.0950. The van der Waals surface area contributed by atoms with Gasteiger partial charge in [-0.2, -0.15) is 5.26 Å². The van der Waals surface area contributed by atoms with Crippen LogP contribution >= 0.6 is 11.8 Å². The third-order valence-electron chi connectivity index (χ3n) is 5.67. The van der Waals surface area contributed by atoms with Crippen molar-refractivity contribution in [3.63, 3.8) is 0 Å². The number of carbonyl (C=O) groups is 2. The lowest BCUT2D eigenvalue weighted by Gasteiger charge is -2.09. The molecular formula is C31H23N3O2S. The van der Waals surface area contributed by atoms with E-state index in [1.807, 2.05) is 60.7 Å². The van der Waals surface area contributed by atoms with Crippen LogP contribution in [0.15, 0.2) is 106 Å². The number of hydrogen-bond acceptors (Lipinski definition) is 5. The van der Waals surface area contributed by atoms with Crippen LogP contribution in [-0.2, 0) is 6.54 Å². The molecule has 5 nitrogen and oxygen atoms in total. The summed E-state index contributed by atoms with van der Waals surface area (Å²) in [6.07, 6.45) is 8.79. The molecule has 0 atom stereocenters. The maximum atomic E-state index is 12.9. The van der Waals surface area contributed by atoms with E-state index >= 15 is 0 Å². The van der Waals surface area contributed by atoms with Gasteiger partial charge in [-0.05, 0) is 42.0 Å². The Kier molecular flexibility index (Phi) is 7.95. The molecule has 1 amide bonds. The van der Waals surface area contributed by atoms with Crippen LogP contribution in [0.4, 0.5) is 5.69 Å². The average molecular weight is 502 g/mol. The summed E-state index contributed by atoms with van der Waals surface area (Å²) in [7, 11) is 0. The third-order valence-corrected chi connectivity index (χ3v) is 6.81. The van der Waals surface area contributed by atoms with Gasteiger partial charge in [0.05, 0.1) is 23.0 Å². The number of benzene rings is 4. The summed E-state index contributed by atoms with van der Waals surface area (Å²) in [5.41, 5.74) is 6.03. The molecule has 180 valence electrons. The molecule has 0 aliphatic carbocycles. The second-order valence-corrected chi connectivity index (χ2v) is 9.06. The highest BCUT2D eigenvalue weighted by atomic mass is 32.2. The highest BCUT2D eigenvalue weighted by Gasteiger charge is 2.20. The molecule has 4 aromatic carbocycles. The van der Waals surface area contributed by atoms with Gasteiger partial charge in [0.1, 0.15) is 6.29 Å². The molecule has 0 aromatic heterocycles. The fraction of sp³-hybridized carbons (Fsp3) is 0.0323. The van der Waals surface area contributed by atoms with Gasteiger partial charge >= 0.3 is 0 Å². The quantitative estimate of drug-likeness (QED) is 0.222. The van der Waals surface area contributed by atoms with E-state index in [1.54, 1.807) is 36.0 Å². The first kappa shape index (κ1) is 25.2. The van der Waals surface area contributed by atoms with Crippen LogP contribution in [0.5, 0.6) is 0 Å². The van der Waals surface area contributed by atoms with Gasteiger partial charge in [0.15, 0.2) is 0 Å². The molecule has 1 N–H and O–H groups in total. The Labute approximate surface area is 221 Å². The van der Waals surface area contributed by atoms with E-state index in [-0.39, 0.29) is 7.33 Å². The number of nitriles is 1. The van der Waals surface area contributed by atoms with Gasteiger partial charge in [0.25, 0.3) is 5.91 Å². The van der Waals surface area contributed by atoms with Gasteiger partial charge in [-0.15, -0.1) is 12.8 Å². The van der Waals surface area contributed by atoms with Gasteiger partial charge in [-0.3, -0.25) is 9.59 Å². The first-order valence-electron chi connectivity index (χ1n) is 11.3. The lowest BCUT2D eigenvalue weighted by Crippen LogP contribution is -2.22. The second kappa shape index (κ2) is 11.7.